The zero-order valence-electron chi connectivity index (χ0n) is 11.1. The number of fused-ring (bicyclic) bond motifs is 1. The molecule has 1 aliphatic rings. The van der Waals surface area contributed by atoms with Crippen molar-refractivity contribution in [2.24, 2.45) is 0 Å². The van der Waals surface area contributed by atoms with Crippen molar-refractivity contribution in [2.45, 2.75) is 13.0 Å². The topological polar surface area (TPSA) is 37.4 Å². The molecule has 0 aliphatic carbocycles. The van der Waals surface area contributed by atoms with Crippen molar-refractivity contribution in [3.05, 3.63) is 70.0 Å². The van der Waals surface area contributed by atoms with Gasteiger partial charge in [0.2, 0.25) is 0 Å². The van der Waals surface area contributed by atoms with Crippen LogP contribution in [-0.4, -0.2) is 16.7 Å². The predicted octanol–water partition coefficient (Wildman–Crippen LogP) is 3.84. The summed E-state index contributed by atoms with van der Waals surface area (Å²) in [6, 6.07) is 10.1. The van der Waals surface area contributed by atoms with Crippen molar-refractivity contribution in [2.75, 3.05) is 0 Å². The SMILES string of the molecule is CC(c1c(F)cccc1Cl)N1C(=O)c2ccccc2C1=O. The monoisotopic (exact) mass is 303 g/mol. The van der Waals surface area contributed by atoms with Crippen LogP contribution in [0.15, 0.2) is 42.5 Å². The Morgan fingerprint density at radius 2 is 1.57 bits per heavy atom. The minimum atomic E-state index is -0.772. The average molecular weight is 304 g/mol. The van der Waals surface area contributed by atoms with Crippen LogP contribution in [0.3, 0.4) is 0 Å². The molecule has 1 atom stereocenters. The van der Waals surface area contributed by atoms with Gasteiger partial charge in [0.05, 0.1) is 17.2 Å². The van der Waals surface area contributed by atoms with Gasteiger partial charge in [-0.25, -0.2) is 4.39 Å². The van der Waals surface area contributed by atoms with E-state index in [4.69, 9.17) is 11.6 Å². The summed E-state index contributed by atoms with van der Waals surface area (Å²) in [6.45, 7) is 1.59. The number of rotatable bonds is 2. The highest BCUT2D eigenvalue weighted by Gasteiger charge is 2.39. The second-order valence-corrected chi connectivity index (χ2v) is 5.24. The Hall–Kier alpha value is -2.20. The number of carbonyl (C=O) groups is 2. The molecule has 106 valence electrons. The maximum absolute atomic E-state index is 14.0. The number of hydrogen-bond donors (Lipinski definition) is 0. The fourth-order valence-corrected chi connectivity index (χ4v) is 2.92. The summed E-state index contributed by atoms with van der Waals surface area (Å²) >= 11 is 6.02. The lowest BCUT2D eigenvalue weighted by Gasteiger charge is -2.24. The van der Waals surface area contributed by atoms with E-state index in [1.165, 1.54) is 18.2 Å². The molecule has 1 unspecified atom stereocenters. The Kier molecular flexibility index (Phi) is 3.26. The third-order valence-corrected chi connectivity index (χ3v) is 3.96. The van der Waals surface area contributed by atoms with Crippen molar-refractivity contribution in [3.8, 4) is 0 Å². The molecule has 0 bridgehead atoms. The minimum absolute atomic E-state index is 0.147. The van der Waals surface area contributed by atoms with E-state index in [0.29, 0.717) is 11.1 Å². The normalized spacial score (nSPS) is 15.3. The fraction of sp³-hybridized carbons (Fsp3) is 0.125. The van der Waals surface area contributed by atoms with Crippen LogP contribution < -0.4 is 0 Å². The van der Waals surface area contributed by atoms with E-state index in [-0.39, 0.29) is 10.6 Å². The molecule has 0 spiro atoms. The Bertz CT molecular complexity index is 704. The standard InChI is InChI=1S/C16H11ClFNO2/c1-9(14-12(17)7-4-8-13(14)18)19-15(20)10-5-2-3-6-11(10)16(19)21/h2-9H,1H3. The lowest BCUT2D eigenvalue weighted by molar-refractivity contribution is 0.0593. The Balaban J connectivity index is 2.07. The Morgan fingerprint density at radius 1 is 1.00 bits per heavy atom. The van der Waals surface area contributed by atoms with Crippen molar-refractivity contribution >= 4 is 23.4 Å². The molecule has 3 nitrogen and oxygen atoms in total. The lowest BCUT2D eigenvalue weighted by atomic mass is 10.1. The van der Waals surface area contributed by atoms with E-state index < -0.39 is 23.7 Å². The molecule has 2 aromatic carbocycles. The number of hydrogen-bond acceptors (Lipinski definition) is 2. The summed E-state index contributed by atoms with van der Waals surface area (Å²) in [6.07, 6.45) is 0. The zero-order valence-corrected chi connectivity index (χ0v) is 11.9. The first-order valence-electron chi connectivity index (χ1n) is 6.43. The van der Waals surface area contributed by atoms with Crippen LogP contribution in [0.2, 0.25) is 5.02 Å². The van der Waals surface area contributed by atoms with Gasteiger partial charge >= 0.3 is 0 Å². The molecule has 0 saturated heterocycles. The van der Waals surface area contributed by atoms with Gasteiger partial charge in [-0.15, -0.1) is 0 Å². The number of benzene rings is 2. The molecule has 2 aromatic rings. The summed E-state index contributed by atoms with van der Waals surface area (Å²) in [5.74, 6) is -1.39. The van der Waals surface area contributed by atoms with E-state index in [1.807, 2.05) is 0 Å². The van der Waals surface area contributed by atoms with Crippen molar-refractivity contribution < 1.29 is 14.0 Å². The Labute approximate surface area is 125 Å². The molecule has 21 heavy (non-hydrogen) atoms. The second-order valence-electron chi connectivity index (χ2n) is 4.84. The molecular formula is C16H11ClFNO2. The summed E-state index contributed by atoms with van der Waals surface area (Å²) in [4.78, 5) is 25.8. The van der Waals surface area contributed by atoms with Gasteiger partial charge in [0.15, 0.2) is 0 Å². The van der Waals surface area contributed by atoms with E-state index in [0.717, 1.165) is 4.90 Å². The quantitative estimate of drug-likeness (QED) is 0.791. The number of nitrogens with zero attached hydrogens (tertiary/aromatic N) is 1. The minimum Gasteiger partial charge on any atom is -0.269 e. The number of imide groups is 1. The largest absolute Gasteiger partial charge is 0.269 e. The first-order chi connectivity index (χ1) is 10.0. The van der Waals surface area contributed by atoms with E-state index in [9.17, 15) is 14.0 Å². The summed E-state index contributed by atoms with van der Waals surface area (Å²) in [5.41, 5.74) is 0.817. The first kappa shape index (κ1) is 13.8. The maximum Gasteiger partial charge on any atom is 0.262 e. The molecule has 2 amide bonds. The van der Waals surface area contributed by atoms with Gasteiger partial charge in [-0.2, -0.15) is 0 Å². The molecule has 0 saturated carbocycles. The first-order valence-corrected chi connectivity index (χ1v) is 6.81. The Morgan fingerprint density at radius 3 is 2.10 bits per heavy atom. The van der Waals surface area contributed by atoms with Crippen molar-refractivity contribution in [1.29, 1.82) is 0 Å². The van der Waals surface area contributed by atoms with Crippen LogP contribution >= 0.6 is 11.6 Å². The average Bonchev–Trinajstić information content (AvgIpc) is 2.71. The molecule has 0 fully saturated rings. The molecule has 1 heterocycles. The van der Waals surface area contributed by atoms with Gasteiger partial charge in [0.1, 0.15) is 5.82 Å². The molecule has 0 N–H and O–H groups in total. The van der Waals surface area contributed by atoms with Crippen LogP contribution in [0.4, 0.5) is 4.39 Å². The van der Waals surface area contributed by atoms with E-state index in [1.54, 1.807) is 31.2 Å². The molecule has 3 rings (SSSR count). The van der Waals surface area contributed by atoms with Crippen molar-refractivity contribution in [3.63, 3.8) is 0 Å². The maximum atomic E-state index is 14.0. The van der Waals surface area contributed by atoms with E-state index in [2.05, 4.69) is 0 Å². The zero-order chi connectivity index (χ0) is 15.1. The molecular weight excluding hydrogens is 293 g/mol. The number of amides is 2. The van der Waals surface area contributed by atoms with Crippen molar-refractivity contribution in [1.82, 2.24) is 4.90 Å². The van der Waals surface area contributed by atoms with E-state index >= 15 is 0 Å². The summed E-state index contributed by atoms with van der Waals surface area (Å²) < 4.78 is 14.0. The third kappa shape index (κ3) is 2.03. The molecule has 5 heteroatoms. The third-order valence-electron chi connectivity index (χ3n) is 3.63. The van der Waals surface area contributed by atoms with Crippen LogP contribution in [0.5, 0.6) is 0 Å². The van der Waals surface area contributed by atoms with Gasteiger partial charge in [0, 0.05) is 10.6 Å². The number of carbonyl (C=O) groups excluding carboxylic acids is 2. The summed E-state index contributed by atoms with van der Waals surface area (Å²) in [7, 11) is 0. The van der Waals surface area contributed by atoms with Gasteiger partial charge in [0.25, 0.3) is 11.8 Å². The lowest BCUT2D eigenvalue weighted by Crippen LogP contribution is -2.33. The van der Waals surface area contributed by atoms with Gasteiger partial charge in [-0.1, -0.05) is 29.8 Å². The van der Waals surface area contributed by atoms with Gasteiger partial charge < -0.3 is 0 Å². The van der Waals surface area contributed by atoms with Crippen LogP contribution in [0.25, 0.3) is 0 Å². The highest BCUT2D eigenvalue weighted by atomic mass is 35.5. The molecule has 1 aliphatic heterocycles. The smallest absolute Gasteiger partial charge is 0.262 e. The van der Waals surface area contributed by atoms with Crippen LogP contribution in [0.1, 0.15) is 39.2 Å². The molecule has 0 aromatic heterocycles. The molecule has 0 radical (unpaired) electrons. The van der Waals surface area contributed by atoms with Gasteiger partial charge in [-0.05, 0) is 31.2 Å². The van der Waals surface area contributed by atoms with Crippen LogP contribution in [0, 0.1) is 5.82 Å². The second kappa shape index (κ2) is 4.97. The highest BCUT2D eigenvalue weighted by Crippen LogP contribution is 2.35. The van der Waals surface area contributed by atoms with Gasteiger partial charge in [-0.3, -0.25) is 14.5 Å². The predicted molar refractivity (Wildman–Crippen MR) is 76.8 cm³/mol. The number of halogens is 2. The highest BCUT2D eigenvalue weighted by molar-refractivity contribution is 6.31. The fourth-order valence-electron chi connectivity index (χ4n) is 2.60. The van der Waals surface area contributed by atoms with Crippen LogP contribution in [-0.2, 0) is 0 Å². The summed E-state index contributed by atoms with van der Waals surface area (Å²) in [5, 5.41) is 0.194.